The number of hydrogen-bond acceptors (Lipinski definition) is 7. The molecule has 1 aliphatic heterocycles. The van der Waals surface area contributed by atoms with E-state index < -0.39 is 29.7 Å². The van der Waals surface area contributed by atoms with Crippen LogP contribution in [0.4, 0.5) is 4.79 Å². The number of carbonyl (C=O) groups excluding carboxylic acids is 3. The van der Waals surface area contributed by atoms with Gasteiger partial charge >= 0.3 is 12.1 Å². The van der Waals surface area contributed by atoms with Crippen LogP contribution in [-0.4, -0.2) is 61.9 Å². The number of rotatable bonds is 8. The van der Waals surface area contributed by atoms with E-state index in [9.17, 15) is 14.4 Å². The summed E-state index contributed by atoms with van der Waals surface area (Å²) in [6.07, 6.45) is -0.264. The predicted molar refractivity (Wildman–Crippen MR) is 113 cm³/mol. The first kappa shape index (κ1) is 24.3. The van der Waals surface area contributed by atoms with Crippen molar-refractivity contribution in [2.45, 2.75) is 58.2 Å². The van der Waals surface area contributed by atoms with Crippen molar-refractivity contribution in [2.24, 2.45) is 0 Å². The van der Waals surface area contributed by atoms with Crippen molar-refractivity contribution in [3.63, 3.8) is 0 Å². The molecule has 2 unspecified atom stereocenters. The Labute approximate surface area is 183 Å². The third-order valence-corrected chi connectivity index (χ3v) is 4.76. The summed E-state index contributed by atoms with van der Waals surface area (Å²) in [5.74, 6) is 0.330. The van der Waals surface area contributed by atoms with Gasteiger partial charge in [-0.3, -0.25) is 9.59 Å². The third kappa shape index (κ3) is 6.50. The lowest BCUT2D eigenvalue weighted by Crippen LogP contribution is -2.44. The molecule has 1 N–H and O–H groups in total. The fraction of sp³-hybridized carbons (Fsp3) is 0.591. The van der Waals surface area contributed by atoms with E-state index in [0.29, 0.717) is 30.0 Å². The van der Waals surface area contributed by atoms with Crippen LogP contribution in [0.2, 0.25) is 0 Å². The van der Waals surface area contributed by atoms with Crippen molar-refractivity contribution >= 4 is 18.0 Å². The molecule has 9 heteroatoms. The van der Waals surface area contributed by atoms with Gasteiger partial charge < -0.3 is 29.2 Å². The minimum Gasteiger partial charge on any atom is -0.493 e. The number of esters is 1. The van der Waals surface area contributed by atoms with Gasteiger partial charge in [-0.05, 0) is 51.8 Å². The number of benzene rings is 1. The molecule has 0 saturated carbocycles. The van der Waals surface area contributed by atoms with Crippen molar-refractivity contribution < 1.29 is 33.3 Å². The highest BCUT2D eigenvalue weighted by Gasteiger charge is 2.39. The Hall–Kier alpha value is -2.97. The van der Waals surface area contributed by atoms with E-state index in [1.807, 2.05) is 0 Å². The molecule has 9 nitrogen and oxygen atoms in total. The number of carbonyl (C=O) groups is 3. The highest BCUT2D eigenvalue weighted by Crippen LogP contribution is 2.35. The predicted octanol–water partition coefficient (Wildman–Crippen LogP) is 2.82. The van der Waals surface area contributed by atoms with Gasteiger partial charge in [-0.1, -0.05) is 6.07 Å². The second-order valence-electron chi connectivity index (χ2n) is 8.16. The fourth-order valence-corrected chi connectivity index (χ4v) is 3.44. The van der Waals surface area contributed by atoms with Crippen molar-refractivity contribution in [1.29, 1.82) is 0 Å². The van der Waals surface area contributed by atoms with Gasteiger partial charge in [0.2, 0.25) is 5.91 Å². The van der Waals surface area contributed by atoms with Gasteiger partial charge in [-0.2, -0.15) is 0 Å². The first-order valence-electron chi connectivity index (χ1n) is 10.3. The van der Waals surface area contributed by atoms with E-state index >= 15 is 0 Å². The van der Waals surface area contributed by atoms with E-state index in [-0.39, 0.29) is 18.9 Å². The van der Waals surface area contributed by atoms with E-state index in [4.69, 9.17) is 18.9 Å². The highest BCUT2D eigenvalue weighted by molar-refractivity contribution is 5.88. The lowest BCUT2D eigenvalue weighted by molar-refractivity contribution is -0.145. The van der Waals surface area contributed by atoms with Crippen molar-refractivity contribution in [1.82, 2.24) is 10.2 Å². The van der Waals surface area contributed by atoms with Gasteiger partial charge in [0.05, 0.1) is 33.3 Å². The Morgan fingerprint density at radius 2 is 1.87 bits per heavy atom. The first-order valence-corrected chi connectivity index (χ1v) is 10.3. The van der Waals surface area contributed by atoms with Crippen LogP contribution in [0.3, 0.4) is 0 Å². The van der Waals surface area contributed by atoms with E-state index in [0.717, 1.165) is 0 Å². The number of hydrogen-bond donors (Lipinski definition) is 1. The van der Waals surface area contributed by atoms with Crippen LogP contribution in [0.5, 0.6) is 11.5 Å². The molecule has 0 spiro atoms. The topological polar surface area (TPSA) is 103 Å². The monoisotopic (exact) mass is 436 g/mol. The van der Waals surface area contributed by atoms with Crippen LogP contribution < -0.4 is 14.8 Å². The second-order valence-corrected chi connectivity index (χ2v) is 8.16. The molecule has 0 aliphatic carbocycles. The van der Waals surface area contributed by atoms with E-state index in [1.165, 1.54) is 14.2 Å². The zero-order valence-electron chi connectivity index (χ0n) is 19.0. The standard InChI is InChI=1S/C22H32N2O7/c1-7-30-19(25)13-16(14-8-9-17(28-5)18(12-14)29-6)24-11-10-15(20(24)26)23-21(27)31-22(2,3)4/h8-9,12,15-16H,7,10-11,13H2,1-6H3,(H,23,27). The van der Waals surface area contributed by atoms with Crippen molar-refractivity contribution in [3.05, 3.63) is 23.8 Å². The maximum atomic E-state index is 13.1. The van der Waals surface area contributed by atoms with Gasteiger partial charge in [0, 0.05) is 6.54 Å². The molecule has 172 valence electrons. The quantitative estimate of drug-likeness (QED) is 0.625. The smallest absolute Gasteiger partial charge is 0.408 e. The second kappa shape index (κ2) is 10.4. The average Bonchev–Trinajstić information content (AvgIpc) is 3.04. The summed E-state index contributed by atoms with van der Waals surface area (Å²) in [6, 6.07) is 3.96. The molecule has 0 aromatic heterocycles. The zero-order chi connectivity index (χ0) is 23.2. The molecule has 0 bridgehead atoms. The van der Waals surface area contributed by atoms with Gasteiger partial charge in [-0.15, -0.1) is 0 Å². The summed E-state index contributed by atoms with van der Waals surface area (Å²) in [6.45, 7) is 7.60. The first-order chi connectivity index (χ1) is 14.6. The number of nitrogens with zero attached hydrogens (tertiary/aromatic N) is 1. The van der Waals surface area contributed by atoms with Crippen molar-refractivity contribution in [2.75, 3.05) is 27.4 Å². The number of amides is 2. The number of nitrogens with one attached hydrogen (secondary N) is 1. The molecule has 1 aliphatic rings. The molecule has 2 atom stereocenters. The molecule has 1 saturated heterocycles. The lowest BCUT2D eigenvalue weighted by atomic mass is 10.0. The van der Waals surface area contributed by atoms with Crippen LogP contribution in [0, 0.1) is 0 Å². The molecule has 2 amide bonds. The van der Waals surface area contributed by atoms with Crippen molar-refractivity contribution in [3.8, 4) is 11.5 Å². The number of alkyl carbamates (subject to hydrolysis) is 1. The maximum absolute atomic E-state index is 13.1. The minimum absolute atomic E-state index is 0.0196. The highest BCUT2D eigenvalue weighted by atomic mass is 16.6. The average molecular weight is 437 g/mol. The van der Waals surface area contributed by atoms with Crippen LogP contribution in [-0.2, 0) is 19.1 Å². The fourth-order valence-electron chi connectivity index (χ4n) is 3.44. The van der Waals surface area contributed by atoms with Gasteiger partial charge in [-0.25, -0.2) is 4.79 Å². The summed E-state index contributed by atoms with van der Waals surface area (Å²) in [7, 11) is 3.05. The molecular weight excluding hydrogens is 404 g/mol. The Balaban J connectivity index is 2.25. The van der Waals surface area contributed by atoms with Crippen LogP contribution in [0.15, 0.2) is 18.2 Å². The lowest BCUT2D eigenvalue weighted by Gasteiger charge is -2.28. The number of ether oxygens (including phenoxy) is 4. The Morgan fingerprint density at radius 1 is 1.19 bits per heavy atom. The maximum Gasteiger partial charge on any atom is 0.408 e. The Kier molecular flexibility index (Phi) is 8.13. The molecular formula is C22H32N2O7. The largest absolute Gasteiger partial charge is 0.493 e. The van der Waals surface area contributed by atoms with Crippen LogP contribution in [0.25, 0.3) is 0 Å². The summed E-state index contributed by atoms with van der Waals surface area (Å²) < 4.78 is 21.0. The summed E-state index contributed by atoms with van der Waals surface area (Å²) in [4.78, 5) is 39.1. The molecule has 1 heterocycles. The number of methoxy groups -OCH3 is 2. The molecule has 1 aromatic rings. The minimum atomic E-state index is -0.723. The van der Waals surface area contributed by atoms with Crippen LogP contribution >= 0.6 is 0 Å². The molecule has 1 fully saturated rings. The van der Waals surface area contributed by atoms with E-state index in [2.05, 4.69) is 5.32 Å². The SMILES string of the molecule is CCOC(=O)CC(c1ccc(OC)c(OC)c1)N1CCC(NC(=O)OC(C)(C)C)C1=O. The Morgan fingerprint density at radius 3 is 2.45 bits per heavy atom. The normalized spacial score (nSPS) is 17.2. The van der Waals surface area contributed by atoms with Gasteiger partial charge in [0.1, 0.15) is 11.6 Å². The molecule has 0 radical (unpaired) electrons. The van der Waals surface area contributed by atoms with Crippen LogP contribution in [0.1, 0.15) is 52.1 Å². The summed E-state index contributed by atoms with van der Waals surface area (Å²) in [5, 5.41) is 2.63. The molecule has 31 heavy (non-hydrogen) atoms. The summed E-state index contributed by atoms with van der Waals surface area (Å²) >= 11 is 0. The summed E-state index contributed by atoms with van der Waals surface area (Å²) in [5.41, 5.74) is 0.0364. The van der Waals surface area contributed by atoms with Gasteiger partial charge in [0.15, 0.2) is 11.5 Å². The third-order valence-electron chi connectivity index (χ3n) is 4.76. The van der Waals surface area contributed by atoms with Gasteiger partial charge in [0.25, 0.3) is 0 Å². The Bertz CT molecular complexity index is 804. The van der Waals surface area contributed by atoms with E-state index in [1.54, 1.807) is 50.8 Å². The molecule has 2 rings (SSSR count). The number of likely N-dealkylation sites (tertiary alicyclic amines) is 1. The zero-order valence-corrected chi connectivity index (χ0v) is 19.0. The molecule has 1 aromatic carbocycles.